The van der Waals surface area contributed by atoms with Gasteiger partial charge in [0.2, 0.25) is 0 Å². The summed E-state index contributed by atoms with van der Waals surface area (Å²) in [6, 6.07) is 9.07. The van der Waals surface area contributed by atoms with Crippen LogP contribution in [0.5, 0.6) is 0 Å². The molecular weight excluding hydrogens is 227 g/mol. The number of aryl methyl sites for hydroxylation is 3. The van der Waals surface area contributed by atoms with E-state index >= 15 is 0 Å². The van der Waals surface area contributed by atoms with Gasteiger partial charge in [-0.2, -0.15) is 0 Å². The molecule has 0 aliphatic heterocycles. The third-order valence-corrected chi connectivity index (χ3v) is 2.90. The SMILES string of the molecule is Cc1ccc(F)c(CNc2ccc(C)nc2C)c1. The first-order chi connectivity index (χ1) is 8.56. The molecule has 18 heavy (non-hydrogen) atoms. The average Bonchev–Trinajstić information content (AvgIpc) is 2.32. The van der Waals surface area contributed by atoms with E-state index in [0.29, 0.717) is 12.1 Å². The van der Waals surface area contributed by atoms with Gasteiger partial charge in [-0.05, 0) is 39.0 Å². The number of rotatable bonds is 3. The summed E-state index contributed by atoms with van der Waals surface area (Å²) in [5.74, 6) is -0.175. The molecule has 0 radical (unpaired) electrons. The standard InChI is InChI=1S/C15H17FN2/c1-10-4-6-14(16)13(8-10)9-17-15-7-5-11(2)18-12(15)3/h4-8,17H,9H2,1-3H3. The van der Waals surface area contributed by atoms with Crippen LogP contribution in [0.25, 0.3) is 0 Å². The zero-order valence-electron chi connectivity index (χ0n) is 10.9. The van der Waals surface area contributed by atoms with Crippen LogP contribution in [0.4, 0.5) is 10.1 Å². The second-order valence-electron chi connectivity index (χ2n) is 4.53. The summed E-state index contributed by atoms with van der Waals surface area (Å²) in [5, 5.41) is 3.22. The van der Waals surface area contributed by atoms with Crippen LogP contribution in [0.2, 0.25) is 0 Å². The lowest BCUT2D eigenvalue weighted by atomic mass is 10.1. The molecule has 0 unspecified atom stereocenters. The van der Waals surface area contributed by atoms with Crippen LogP contribution in [-0.2, 0) is 6.54 Å². The number of aromatic nitrogens is 1. The van der Waals surface area contributed by atoms with Gasteiger partial charge in [0.25, 0.3) is 0 Å². The van der Waals surface area contributed by atoms with Gasteiger partial charge >= 0.3 is 0 Å². The van der Waals surface area contributed by atoms with Crippen LogP contribution in [0, 0.1) is 26.6 Å². The van der Waals surface area contributed by atoms with Crippen molar-refractivity contribution in [3.8, 4) is 0 Å². The third-order valence-electron chi connectivity index (χ3n) is 2.90. The number of halogens is 1. The summed E-state index contributed by atoms with van der Waals surface area (Å²) in [7, 11) is 0. The fraction of sp³-hybridized carbons (Fsp3) is 0.267. The molecule has 0 saturated carbocycles. The Bertz CT molecular complexity index is 564. The molecule has 1 aromatic heterocycles. The lowest BCUT2D eigenvalue weighted by Gasteiger charge is -2.10. The monoisotopic (exact) mass is 244 g/mol. The molecule has 1 aromatic carbocycles. The third kappa shape index (κ3) is 2.86. The first kappa shape index (κ1) is 12.6. The van der Waals surface area contributed by atoms with Crippen molar-refractivity contribution in [1.29, 1.82) is 0 Å². The maximum Gasteiger partial charge on any atom is 0.128 e. The molecule has 0 aliphatic carbocycles. The molecule has 2 nitrogen and oxygen atoms in total. The summed E-state index contributed by atoms with van der Waals surface area (Å²) in [4.78, 5) is 4.37. The molecule has 0 bridgehead atoms. The number of pyridine rings is 1. The van der Waals surface area contributed by atoms with Gasteiger partial charge in [0, 0.05) is 17.8 Å². The molecule has 0 fully saturated rings. The summed E-state index contributed by atoms with van der Waals surface area (Å²) >= 11 is 0. The summed E-state index contributed by atoms with van der Waals surface area (Å²) < 4.78 is 13.6. The first-order valence-electron chi connectivity index (χ1n) is 5.99. The molecule has 0 spiro atoms. The number of nitrogens with one attached hydrogen (secondary N) is 1. The Kier molecular flexibility index (Phi) is 3.60. The van der Waals surface area contributed by atoms with E-state index in [1.54, 1.807) is 6.07 Å². The van der Waals surface area contributed by atoms with Crippen LogP contribution in [0.1, 0.15) is 22.5 Å². The minimum Gasteiger partial charge on any atom is -0.379 e. The molecule has 1 heterocycles. The summed E-state index contributed by atoms with van der Waals surface area (Å²) in [6.45, 7) is 6.33. The Hall–Kier alpha value is -1.90. The van der Waals surface area contributed by atoms with E-state index in [0.717, 1.165) is 22.6 Å². The molecule has 0 saturated heterocycles. The predicted octanol–water partition coefficient (Wildman–Crippen LogP) is 3.76. The highest BCUT2D eigenvalue weighted by Gasteiger charge is 2.04. The molecule has 3 heteroatoms. The fourth-order valence-corrected chi connectivity index (χ4v) is 1.90. The normalized spacial score (nSPS) is 10.4. The average molecular weight is 244 g/mol. The van der Waals surface area contributed by atoms with Crippen molar-refractivity contribution in [2.45, 2.75) is 27.3 Å². The van der Waals surface area contributed by atoms with Gasteiger partial charge in [0.05, 0.1) is 11.4 Å². The maximum absolute atomic E-state index is 13.6. The highest BCUT2D eigenvalue weighted by Crippen LogP contribution is 2.16. The zero-order valence-corrected chi connectivity index (χ0v) is 10.9. The van der Waals surface area contributed by atoms with E-state index in [-0.39, 0.29) is 5.82 Å². The topological polar surface area (TPSA) is 24.9 Å². The van der Waals surface area contributed by atoms with Crippen molar-refractivity contribution in [3.05, 3.63) is 58.7 Å². The molecular formula is C15H17FN2. The van der Waals surface area contributed by atoms with Crippen molar-refractivity contribution in [3.63, 3.8) is 0 Å². The minimum atomic E-state index is -0.175. The van der Waals surface area contributed by atoms with Crippen molar-refractivity contribution in [2.75, 3.05) is 5.32 Å². The van der Waals surface area contributed by atoms with E-state index in [1.807, 2.05) is 39.0 Å². The lowest BCUT2D eigenvalue weighted by Crippen LogP contribution is -2.04. The number of hydrogen-bond acceptors (Lipinski definition) is 2. The Morgan fingerprint density at radius 1 is 1.11 bits per heavy atom. The van der Waals surface area contributed by atoms with Crippen LogP contribution in [0.15, 0.2) is 30.3 Å². The second-order valence-corrected chi connectivity index (χ2v) is 4.53. The first-order valence-corrected chi connectivity index (χ1v) is 5.99. The zero-order chi connectivity index (χ0) is 13.1. The second kappa shape index (κ2) is 5.17. The van der Waals surface area contributed by atoms with E-state index in [2.05, 4.69) is 10.3 Å². The Balaban J connectivity index is 2.13. The Labute approximate surface area is 107 Å². The van der Waals surface area contributed by atoms with Crippen LogP contribution in [-0.4, -0.2) is 4.98 Å². The van der Waals surface area contributed by atoms with Gasteiger partial charge in [0.15, 0.2) is 0 Å². The summed E-state index contributed by atoms with van der Waals surface area (Å²) in [6.07, 6.45) is 0. The van der Waals surface area contributed by atoms with Gasteiger partial charge in [-0.15, -0.1) is 0 Å². The highest BCUT2D eigenvalue weighted by molar-refractivity contribution is 5.48. The van der Waals surface area contributed by atoms with Crippen molar-refractivity contribution in [1.82, 2.24) is 4.98 Å². The van der Waals surface area contributed by atoms with Gasteiger partial charge in [0.1, 0.15) is 5.82 Å². The smallest absolute Gasteiger partial charge is 0.128 e. The fourth-order valence-electron chi connectivity index (χ4n) is 1.90. The number of benzene rings is 1. The van der Waals surface area contributed by atoms with Crippen molar-refractivity contribution in [2.24, 2.45) is 0 Å². The highest BCUT2D eigenvalue weighted by atomic mass is 19.1. The minimum absolute atomic E-state index is 0.175. The van der Waals surface area contributed by atoms with Crippen molar-refractivity contribution >= 4 is 5.69 Å². The van der Waals surface area contributed by atoms with E-state index in [1.165, 1.54) is 6.07 Å². The van der Waals surface area contributed by atoms with Crippen LogP contribution >= 0.6 is 0 Å². The molecule has 94 valence electrons. The van der Waals surface area contributed by atoms with Crippen molar-refractivity contribution < 1.29 is 4.39 Å². The van der Waals surface area contributed by atoms with Crippen LogP contribution < -0.4 is 5.32 Å². The largest absolute Gasteiger partial charge is 0.379 e. The van der Waals surface area contributed by atoms with E-state index in [9.17, 15) is 4.39 Å². The summed E-state index contributed by atoms with van der Waals surface area (Å²) in [5.41, 5.74) is 4.60. The quantitative estimate of drug-likeness (QED) is 0.889. The maximum atomic E-state index is 13.6. The molecule has 2 rings (SSSR count). The Morgan fingerprint density at radius 3 is 2.61 bits per heavy atom. The van der Waals surface area contributed by atoms with E-state index in [4.69, 9.17) is 0 Å². The van der Waals surface area contributed by atoms with Gasteiger partial charge in [-0.3, -0.25) is 4.98 Å². The van der Waals surface area contributed by atoms with Gasteiger partial charge < -0.3 is 5.32 Å². The number of anilines is 1. The molecule has 1 N–H and O–H groups in total. The molecule has 0 amide bonds. The van der Waals surface area contributed by atoms with Gasteiger partial charge in [-0.25, -0.2) is 4.39 Å². The van der Waals surface area contributed by atoms with Gasteiger partial charge in [-0.1, -0.05) is 17.7 Å². The number of nitrogens with zero attached hydrogens (tertiary/aromatic N) is 1. The molecule has 2 aromatic rings. The Morgan fingerprint density at radius 2 is 1.89 bits per heavy atom. The van der Waals surface area contributed by atoms with E-state index < -0.39 is 0 Å². The molecule has 0 aliphatic rings. The van der Waals surface area contributed by atoms with Crippen LogP contribution in [0.3, 0.4) is 0 Å². The lowest BCUT2D eigenvalue weighted by molar-refractivity contribution is 0.612. The molecule has 0 atom stereocenters. The predicted molar refractivity (Wildman–Crippen MR) is 72.2 cm³/mol. The number of hydrogen-bond donors (Lipinski definition) is 1.